The molecule has 1 atom stereocenters. The standard InChI is InChI=1S/C21H31N5O2S/c1-14-9-8-10-15(2)19(14)28-13-18-24-25-21(26(18)22)29-16(3)20(27)23-17-11-6-4-5-7-12-17/h8-10,16-17H,4-7,11-13,22H2,1-3H3,(H,23,27)/t16-/m0/s1. The normalized spacial score (nSPS) is 16.2. The van der Waals surface area contributed by atoms with E-state index in [-0.39, 0.29) is 23.8 Å². The average molecular weight is 418 g/mol. The zero-order chi connectivity index (χ0) is 20.8. The van der Waals surface area contributed by atoms with Gasteiger partial charge in [0.25, 0.3) is 0 Å². The first-order valence-corrected chi connectivity index (χ1v) is 11.2. The van der Waals surface area contributed by atoms with Crippen LogP contribution in [-0.4, -0.2) is 32.1 Å². The predicted octanol–water partition coefficient (Wildman–Crippen LogP) is 3.51. The number of nitrogen functional groups attached to an aromatic ring is 1. The highest BCUT2D eigenvalue weighted by atomic mass is 32.2. The molecule has 0 unspecified atom stereocenters. The third-order valence-corrected chi connectivity index (χ3v) is 6.40. The van der Waals surface area contributed by atoms with Crippen molar-refractivity contribution in [3.8, 4) is 5.75 Å². The van der Waals surface area contributed by atoms with Crippen LogP contribution in [0.3, 0.4) is 0 Å². The summed E-state index contributed by atoms with van der Waals surface area (Å²) in [7, 11) is 0. The lowest BCUT2D eigenvalue weighted by molar-refractivity contribution is -0.121. The van der Waals surface area contributed by atoms with Gasteiger partial charge in [-0.2, -0.15) is 0 Å². The van der Waals surface area contributed by atoms with Crippen LogP contribution in [0.25, 0.3) is 0 Å². The first-order valence-electron chi connectivity index (χ1n) is 10.3. The summed E-state index contributed by atoms with van der Waals surface area (Å²) < 4.78 is 7.33. The van der Waals surface area contributed by atoms with Crippen molar-refractivity contribution in [2.45, 2.75) is 82.4 Å². The molecule has 3 N–H and O–H groups in total. The number of nitrogens with one attached hydrogen (secondary N) is 1. The van der Waals surface area contributed by atoms with E-state index in [1.807, 2.05) is 39.0 Å². The second kappa shape index (κ2) is 10.0. The predicted molar refractivity (Wildman–Crippen MR) is 115 cm³/mol. The molecule has 1 aromatic heterocycles. The highest BCUT2D eigenvalue weighted by Crippen LogP contribution is 2.25. The highest BCUT2D eigenvalue weighted by Gasteiger charge is 2.22. The number of hydrogen-bond acceptors (Lipinski definition) is 6. The number of benzene rings is 1. The molecule has 1 saturated carbocycles. The van der Waals surface area contributed by atoms with Crippen molar-refractivity contribution in [2.24, 2.45) is 0 Å². The number of amides is 1. The number of thioether (sulfide) groups is 1. The smallest absolute Gasteiger partial charge is 0.233 e. The van der Waals surface area contributed by atoms with Gasteiger partial charge < -0.3 is 15.9 Å². The zero-order valence-electron chi connectivity index (χ0n) is 17.5. The van der Waals surface area contributed by atoms with Crippen LogP contribution in [0, 0.1) is 13.8 Å². The Morgan fingerprint density at radius 2 is 1.90 bits per heavy atom. The molecule has 0 bridgehead atoms. The fourth-order valence-corrected chi connectivity index (χ4v) is 4.40. The fourth-order valence-electron chi connectivity index (χ4n) is 3.60. The van der Waals surface area contributed by atoms with Crippen molar-refractivity contribution in [3.63, 3.8) is 0 Å². The summed E-state index contributed by atoms with van der Waals surface area (Å²) in [5.41, 5.74) is 2.12. The van der Waals surface area contributed by atoms with Crippen LogP contribution >= 0.6 is 11.8 Å². The number of rotatable bonds is 7. The molecule has 1 aliphatic rings. The monoisotopic (exact) mass is 417 g/mol. The number of nitrogens with two attached hydrogens (primary N) is 1. The molecule has 8 heteroatoms. The first-order chi connectivity index (χ1) is 14.0. The van der Waals surface area contributed by atoms with Crippen molar-refractivity contribution >= 4 is 17.7 Å². The quantitative estimate of drug-likeness (QED) is 0.407. The van der Waals surface area contributed by atoms with E-state index in [1.54, 1.807) is 0 Å². The van der Waals surface area contributed by atoms with Gasteiger partial charge in [-0.05, 0) is 44.7 Å². The van der Waals surface area contributed by atoms with Gasteiger partial charge in [0.2, 0.25) is 11.1 Å². The van der Waals surface area contributed by atoms with Gasteiger partial charge in [0.1, 0.15) is 12.4 Å². The Morgan fingerprint density at radius 1 is 1.24 bits per heavy atom. The molecule has 1 aliphatic carbocycles. The zero-order valence-corrected chi connectivity index (χ0v) is 18.3. The second-order valence-corrected chi connectivity index (χ2v) is 9.04. The lowest BCUT2D eigenvalue weighted by Crippen LogP contribution is -2.39. The van der Waals surface area contributed by atoms with Gasteiger partial charge in [0.05, 0.1) is 5.25 Å². The number of para-hydroxylation sites is 1. The maximum atomic E-state index is 12.6. The Bertz CT molecular complexity index is 810. The minimum absolute atomic E-state index is 0.0261. The third-order valence-electron chi connectivity index (χ3n) is 5.34. The molecule has 0 aliphatic heterocycles. The SMILES string of the molecule is Cc1cccc(C)c1OCc1nnc(S[C@@H](C)C(=O)NC2CCCCCC2)n1N. The summed E-state index contributed by atoms with van der Waals surface area (Å²) in [6.45, 7) is 6.10. The molecule has 29 heavy (non-hydrogen) atoms. The van der Waals surface area contributed by atoms with E-state index in [4.69, 9.17) is 10.6 Å². The van der Waals surface area contributed by atoms with E-state index in [2.05, 4.69) is 15.5 Å². The largest absolute Gasteiger partial charge is 0.485 e. The van der Waals surface area contributed by atoms with Crippen molar-refractivity contribution in [2.75, 3.05) is 5.84 Å². The number of hydrogen-bond donors (Lipinski definition) is 2. The molecule has 1 fully saturated rings. The number of carbonyl (C=O) groups is 1. The maximum absolute atomic E-state index is 12.6. The van der Waals surface area contributed by atoms with Crippen LogP contribution in [0.2, 0.25) is 0 Å². The van der Waals surface area contributed by atoms with Crippen LogP contribution in [0.4, 0.5) is 0 Å². The van der Waals surface area contributed by atoms with Crippen LogP contribution < -0.4 is 15.9 Å². The van der Waals surface area contributed by atoms with E-state index in [9.17, 15) is 4.79 Å². The molecule has 2 aromatic rings. The maximum Gasteiger partial charge on any atom is 0.233 e. The van der Waals surface area contributed by atoms with Crippen LogP contribution in [0.5, 0.6) is 5.75 Å². The molecule has 3 rings (SSSR count). The summed E-state index contributed by atoms with van der Waals surface area (Å²) in [5, 5.41) is 11.7. The first kappa shape index (κ1) is 21.5. The lowest BCUT2D eigenvalue weighted by Gasteiger charge is -2.19. The van der Waals surface area contributed by atoms with Gasteiger partial charge in [-0.25, -0.2) is 4.68 Å². The minimum atomic E-state index is -0.294. The van der Waals surface area contributed by atoms with E-state index >= 15 is 0 Å². The highest BCUT2D eigenvalue weighted by molar-refractivity contribution is 8.00. The van der Waals surface area contributed by atoms with Gasteiger partial charge in [-0.3, -0.25) is 4.79 Å². The van der Waals surface area contributed by atoms with E-state index < -0.39 is 0 Å². The molecule has 0 spiro atoms. The van der Waals surface area contributed by atoms with Gasteiger partial charge >= 0.3 is 0 Å². The van der Waals surface area contributed by atoms with E-state index in [0.717, 1.165) is 29.7 Å². The van der Waals surface area contributed by atoms with Crippen molar-refractivity contribution in [1.82, 2.24) is 20.2 Å². The van der Waals surface area contributed by atoms with Crippen molar-refractivity contribution in [3.05, 3.63) is 35.2 Å². The Morgan fingerprint density at radius 3 is 2.55 bits per heavy atom. The number of carbonyl (C=O) groups excluding carboxylic acids is 1. The van der Waals surface area contributed by atoms with Crippen molar-refractivity contribution < 1.29 is 9.53 Å². The summed E-state index contributed by atoms with van der Waals surface area (Å²) in [4.78, 5) is 12.6. The van der Waals surface area contributed by atoms with E-state index in [1.165, 1.54) is 42.1 Å². The molecule has 1 heterocycles. The molecule has 0 saturated heterocycles. The number of aryl methyl sites for hydroxylation is 2. The molecule has 7 nitrogen and oxygen atoms in total. The summed E-state index contributed by atoms with van der Waals surface area (Å²) in [6, 6.07) is 6.29. The Balaban J connectivity index is 1.56. The van der Waals surface area contributed by atoms with Gasteiger partial charge in [0, 0.05) is 6.04 Å². The average Bonchev–Trinajstić information content (AvgIpc) is 2.88. The number of nitrogens with zero attached hydrogens (tertiary/aromatic N) is 3. The van der Waals surface area contributed by atoms with Crippen molar-refractivity contribution in [1.29, 1.82) is 0 Å². The molecule has 158 valence electrons. The summed E-state index contributed by atoms with van der Waals surface area (Å²) in [5.74, 6) is 7.54. The van der Waals surface area contributed by atoms with Crippen LogP contribution in [0.1, 0.15) is 62.4 Å². The Hall–Kier alpha value is -2.22. The summed E-state index contributed by atoms with van der Waals surface area (Å²) >= 11 is 1.32. The Kier molecular flexibility index (Phi) is 7.41. The minimum Gasteiger partial charge on any atom is -0.485 e. The third kappa shape index (κ3) is 5.65. The van der Waals surface area contributed by atoms with Crippen LogP contribution in [0.15, 0.2) is 23.4 Å². The number of aromatic nitrogens is 3. The second-order valence-electron chi connectivity index (χ2n) is 7.74. The molecule has 1 aromatic carbocycles. The fraction of sp³-hybridized carbons (Fsp3) is 0.571. The van der Waals surface area contributed by atoms with Crippen LogP contribution in [-0.2, 0) is 11.4 Å². The van der Waals surface area contributed by atoms with Gasteiger partial charge in [-0.15, -0.1) is 10.2 Å². The van der Waals surface area contributed by atoms with E-state index in [0.29, 0.717) is 11.0 Å². The topological polar surface area (TPSA) is 95.1 Å². The lowest BCUT2D eigenvalue weighted by atomic mass is 10.1. The Labute approximate surface area is 176 Å². The molecular weight excluding hydrogens is 386 g/mol. The molecule has 1 amide bonds. The molecule has 0 radical (unpaired) electrons. The summed E-state index contributed by atoms with van der Waals surface area (Å²) in [6.07, 6.45) is 7.03. The number of ether oxygens (including phenoxy) is 1. The van der Waals surface area contributed by atoms with Gasteiger partial charge in [-0.1, -0.05) is 55.6 Å². The van der Waals surface area contributed by atoms with Gasteiger partial charge in [0.15, 0.2) is 5.82 Å². The molecular formula is C21H31N5O2S.